The number of benzene rings is 2. The number of hydrogen-bond donors (Lipinski definition) is 2. The number of nitrogen functional groups attached to an aromatic ring is 2. The van der Waals surface area contributed by atoms with Gasteiger partial charge in [0.25, 0.3) is 5.91 Å². The van der Waals surface area contributed by atoms with Gasteiger partial charge in [0.05, 0.1) is 17.5 Å². The lowest BCUT2D eigenvalue weighted by atomic mass is 9.77. The number of hydrogen-bond acceptors (Lipinski definition) is 7. The second kappa shape index (κ2) is 9.69. The van der Waals surface area contributed by atoms with Crippen molar-refractivity contribution in [2.24, 2.45) is 11.0 Å². The van der Waals surface area contributed by atoms with Gasteiger partial charge in [-0.3, -0.25) is 4.79 Å². The number of thioether (sulfide) groups is 1. The van der Waals surface area contributed by atoms with E-state index in [0.29, 0.717) is 5.16 Å². The number of anilines is 2. The van der Waals surface area contributed by atoms with Gasteiger partial charge in [0.2, 0.25) is 0 Å². The Morgan fingerprint density at radius 1 is 1.03 bits per heavy atom. The molecular weight excluding hydrogens is 444 g/mol. The maximum absolute atomic E-state index is 13.4. The fourth-order valence-corrected chi connectivity index (χ4v) is 5.38. The maximum atomic E-state index is 13.4. The molecule has 1 amide bonds. The summed E-state index contributed by atoms with van der Waals surface area (Å²) in [5.41, 5.74) is 16.0. The van der Waals surface area contributed by atoms with Gasteiger partial charge in [-0.1, -0.05) is 72.4 Å². The van der Waals surface area contributed by atoms with Crippen LogP contribution in [-0.2, 0) is 4.79 Å². The first kappa shape index (κ1) is 22.2. The number of carbonyl (C=O) groups excluding carboxylic acids is 1. The summed E-state index contributed by atoms with van der Waals surface area (Å²) < 4.78 is 0. The molecule has 172 valence electrons. The highest BCUT2D eigenvalue weighted by Gasteiger charge is 2.43. The minimum absolute atomic E-state index is 0.0931. The van der Waals surface area contributed by atoms with Gasteiger partial charge in [-0.05, 0) is 42.0 Å². The summed E-state index contributed by atoms with van der Waals surface area (Å²) >= 11 is 1.22. The molecule has 34 heavy (non-hydrogen) atoms. The van der Waals surface area contributed by atoms with Crippen molar-refractivity contribution < 1.29 is 4.79 Å². The zero-order valence-electron chi connectivity index (χ0n) is 18.7. The molecule has 2 aromatic carbocycles. The smallest absolute Gasteiger partial charge is 0.253 e. The number of amides is 1. The Bertz CT molecular complexity index is 1220. The van der Waals surface area contributed by atoms with Gasteiger partial charge in [0, 0.05) is 12.0 Å². The van der Waals surface area contributed by atoms with Crippen LogP contribution in [0.1, 0.15) is 36.4 Å². The lowest BCUT2D eigenvalue weighted by Gasteiger charge is -2.29. The summed E-state index contributed by atoms with van der Waals surface area (Å²) in [6.45, 7) is 0. The molecule has 0 spiro atoms. The number of nitrogens with two attached hydrogens (primary N) is 2. The first-order valence-electron chi connectivity index (χ1n) is 11.3. The third kappa shape index (κ3) is 4.68. The number of nitrogens with zero attached hydrogens (tertiary/aromatic N) is 4. The summed E-state index contributed by atoms with van der Waals surface area (Å²) in [5, 5.41) is 6.98. The van der Waals surface area contributed by atoms with Gasteiger partial charge >= 0.3 is 0 Å². The van der Waals surface area contributed by atoms with E-state index in [2.05, 4.69) is 40.3 Å². The Morgan fingerprint density at radius 3 is 2.41 bits per heavy atom. The topological polar surface area (TPSA) is 110 Å². The first-order valence-corrected chi connectivity index (χ1v) is 12.3. The fraction of sp³-hybridized carbons (Fsp3) is 0.231. The second-order valence-electron chi connectivity index (χ2n) is 8.45. The molecule has 2 atom stereocenters. The van der Waals surface area contributed by atoms with E-state index in [0.717, 1.165) is 36.1 Å². The van der Waals surface area contributed by atoms with Crippen molar-refractivity contribution in [2.45, 2.75) is 30.5 Å². The van der Waals surface area contributed by atoms with E-state index in [9.17, 15) is 4.79 Å². The van der Waals surface area contributed by atoms with Crippen LogP contribution in [-0.4, -0.2) is 32.3 Å². The van der Waals surface area contributed by atoms with Gasteiger partial charge in [0.1, 0.15) is 11.6 Å². The van der Waals surface area contributed by atoms with E-state index in [1.54, 1.807) is 5.01 Å². The minimum atomic E-state index is -0.129. The predicted octanol–water partition coefficient (Wildman–Crippen LogP) is 4.56. The van der Waals surface area contributed by atoms with Gasteiger partial charge < -0.3 is 11.5 Å². The standard InChI is InChI=1S/C26H26N6OS/c27-21-15-22(28)30-26(29-21)34-16-23(33)32-25(18-10-5-2-6-11-18)20-13-7-12-19(24(20)31-32)14-17-8-3-1-4-9-17/h1-6,8-11,14-15,20,25H,7,12-13,16H2,(H4,27,28,29,30)/b19-14+. The van der Waals surface area contributed by atoms with Crippen LogP contribution in [0.3, 0.4) is 0 Å². The third-order valence-corrected chi connectivity index (χ3v) is 6.94. The molecule has 1 aliphatic carbocycles. The average Bonchev–Trinajstić information content (AvgIpc) is 3.24. The summed E-state index contributed by atoms with van der Waals surface area (Å²) in [4.78, 5) is 21.8. The molecule has 8 heteroatoms. The first-order chi connectivity index (χ1) is 16.6. The van der Waals surface area contributed by atoms with Crippen molar-refractivity contribution in [1.82, 2.24) is 15.0 Å². The van der Waals surface area contributed by atoms with Gasteiger partial charge in [-0.2, -0.15) is 5.10 Å². The number of fused-ring (bicyclic) bond motifs is 1. The summed E-state index contributed by atoms with van der Waals surface area (Å²) in [5.74, 6) is 0.789. The van der Waals surface area contributed by atoms with Gasteiger partial charge in [-0.25, -0.2) is 15.0 Å². The number of aromatic nitrogens is 2. The second-order valence-corrected chi connectivity index (χ2v) is 9.39. The van der Waals surface area contributed by atoms with Crippen molar-refractivity contribution in [2.75, 3.05) is 17.2 Å². The van der Waals surface area contributed by atoms with E-state index in [4.69, 9.17) is 16.6 Å². The van der Waals surface area contributed by atoms with Crippen LogP contribution in [0.25, 0.3) is 6.08 Å². The van der Waals surface area contributed by atoms with Crippen molar-refractivity contribution in [3.05, 3.63) is 83.4 Å². The average molecular weight is 471 g/mol. The van der Waals surface area contributed by atoms with Crippen LogP contribution < -0.4 is 11.5 Å². The number of allylic oxidation sites excluding steroid dienone is 1. The Kier molecular flexibility index (Phi) is 6.31. The molecule has 5 rings (SSSR count). The quantitative estimate of drug-likeness (QED) is 0.418. The number of rotatable bonds is 5. The van der Waals surface area contributed by atoms with Crippen molar-refractivity contribution in [3.63, 3.8) is 0 Å². The molecule has 0 saturated heterocycles. The van der Waals surface area contributed by atoms with Crippen LogP contribution in [0, 0.1) is 5.92 Å². The van der Waals surface area contributed by atoms with Crippen molar-refractivity contribution >= 4 is 41.1 Å². The minimum Gasteiger partial charge on any atom is -0.383 e. The largest absolute Gasteiger partial charge is 0.383 e. The number of carbonyl (C=O) groups is 1. The molecule has 2 aliphatic rings. The molecular formula is C26H26N6OS. The van der Waals surface area contributed by atoms with E-state index in [1.807, 2.05) is 36.4 Å². The highest BCUT2D eigenvalue weighted by atomic mass is 32.2. The Balaban J connectivity index is 1.45. The summed E-state index contributed by atoms with van der Waals surface area (Å²) in [7, 11) is 0. The van der Waals surface area contributed by atoms with E-state index in [-0.39, 0.29) is 35.3 Å². The zero-order chi connectivity index (χ0) is 23.5. The molecule has 2 heterocycles. The van der Waals surface area contributed by atoms with E-state index in [1.165, 1.54) is 23.4 Å². The zero-order valence-corrected chi connectivity index (χ0v) is 19.5. The van der Waals surface area contributed by atoms with Crippen molar-refractivity contribution in [3.8, 4) is 0 Å². The maximum Gasteiger partial charge on any atom is 0.253 e. The molecule has 0 radical (unpaired) electrons. The normalized spacial score (nSPS) is 20.8. The lowest BCUT2D eigenvalue weighted by Crippen LogP contribution is -2.32. The molecule has 2 unspecified atom stereocenters. The van der Waals surface area contributed by atoms with E-state index < -0.39 is 0 Å². The monoisotopic (exact) mass is 470 g/mol. The van der Waals surface area contributed by atoms with Crippen molar-refractivity contribution in [1.29, 1.82) is 0 Å². The van der Waals surface area contributed by atoms with Crippen LogP contribution in [0.2, 0.25) is 0 Å². The molecule has 3 aromatic rings. The predicted molar refractivity (Wildman–Crippen MR) is 137 cm³/mol. The Morgan fingerprint density at radius 2 is 1.71 bits per heavy atom. The van der Waals surface area contributed by atoms with Crippen LogP contribution in [0.5, 0.6) is 0 Å². The van der Waals surface area contributed by atoms with Crippen LogP contribution in [0.4, 0.5) is 11.6 Å². The lowest BCUT2D eigenvalue weighted by molar-refractivity contribution is -0.130. The molecule has 1 fully saturated rings. The van der Waals surface area contributed by atoms with Crippen LogP contribution >= 0.6 is 11.8 Å². The highest BCUT2D eigenvalue weighted by molar-refractivity contribution is 7.99. The molecule has 7 nitrogen and oxygen atoms in total. The Labute approximate surface area is 203 Å². The Hall–Kier alpha value is -3.65. The molecule has 4 N–H and O–H groups in total. The van der Waals surface area contributed by atoms with Gasteiger partial charge in [-0.15, -0.1) is 0 Å². The molecule has 0 bridgehead atoms. The highest BCUT2D eigenvalue weighted by Crippen LogP contribution is 2.44. The van der Waals surface area contributed by atoms with E-state index >= 15 is 0 Å². The number of hydrazone groups is 1. The molecule has 1 aliphatic heterocycles. The molecule has 1 aromatic heterocycles. The van der Waals surface area contributed by atoms with Gasteiger partial charge in [0.15, 0.2) is 5.16 Å². The molecule has 1 saturated carbocycles. The SMILES string of the molecule is Nc1cc(N)nc(SCC(=O)N2N=C3/C(=C/c4ccccc4)CCCC3C2c2ccccc2)n1. The third-order valence-electron chi connectivity index (χ3n) is 6.11. The fourth-order valence-electron chi connectivity index (χ4n) is 4.66. The van der Waals surface area contributed by atoms with Crippen LogP contribution in [0.15, 0.2) is 82.6 Å². The summed E-state index contributed by atoms with van der Waals surface area (Å²) in [6.07, 6.45) is 5.23. The summed E-state index contributed by atoms with van der Waals surface area (Å²) in [6, 6.07) is 21.8.